The van der Waals surface area contributed by atoms with Gasteiger partial charge in [0, 0.05) is 38.8 Å². The molecule has 0 spiro atoms. The summed E-state index contributed by atoms with van der Waals surface area (Å²) < 4.78 is 11.1. The fraction of sp³-hybridized carbons (Fsp3) is 0.364. The molecule has 0 aromatic heterocycles. The van der Waals surface area contributed by atoms with E-state index in [1.54, 1.807) is 0 Å². The molecular weight excluding hydrogens is 534 g/mol. The summed E-state index contributed by atoms with van der Waals surface area (Å²) >= 11 is 0. The molecule has 1 aliphatic carbocycles. The Kier molecular flexibility index (Phi) is 9.19. The number of carboxylic acid groups (broad SMARTS) is 1. The summed E-state index contributed by atoms with van der Waals surface area (Å²) in [4.78, 5) is 40.6. The van der Waals surface area contributed by atoms with Crippen molar-refractivity contribution in [2.45, 2.75) is 31.3 Å². The first-order valence-corrected chi connectivity index (χ1v) is 14.3. The van der Waals surface area contributed by atoms with Gasteiger partial charge >= 0.3 is 12.1 Å². The van der Waals surface area contributed by atoms with Gasteiger partial charge in [-0.1, -0.05) is 78.9 Å². The molecule has 42 heavy (non-hydrogen) atoms. The number of ether oxygens (including phenoxy) is 2. The summed E-state index contributed by atoms with van der Waals surface area (Å²) in [5.41, 5.74) is 4.41. The number of benzene rings is 3. The first-order valence-electron chi connectivity index (χ1n) is 14.3. The van der Waals surface area contributed by atoms with E-state index in [9.17, 15) is 19.5 Å². The highest BCUT2D eigenvalue weighted by molar-refractivity contribution is 5.87. The van der Waals surface area contributed by atoms with Crippen molar-refractivity contribution in [1.82, 2.24) is 15.5 Å². The van der Waals surface area contributed by atoms with E-state index in [-0.39, 0.29) is 25.6 Å². The van der Waals surface area contributed by atoms with Gasteiger partial charge in [0.1, 0.15) is 12.6 Å². The molecule has 0 bridgehead atoms. The molecule has 3 N–H and O–H groups in total. The van der Waals surface area contributed by atoms with E-state index in [2.05, 4.69) is 22.8 Å². The lowest BCUT2D eigenvalue weighted by atomic mass is 9.80. The van der Waals surface area contributed by atoms with E-state index >= 15 is 0 Å². The highest BCUT2D eigenvalue weighted by atomic mass is 16.5. The minimum atomic E-state index is -1.10. The van der Waals surface area contributed by atoms with Crippen molar-refractivity contribution in [3.8, 4) is 11.1 Å². The number of carbonyl (C=O) groups is 3. The van der Waals surface area contributed by atoms with Crippen LogP contribution >= 0.6 is 0 Å². The van der Waals surface area contributed by atoms with Gasteiger partial charge in [0.05, 0.1) is 5.41 Å². The number of likely N-dealkylation sites (N-methyl/N-ethyl adjacent to an activating group) is 1. The zero-order chi connectivity index (χ0) is 29.5. The van der Waals surface area contributed by atoms with E-state index < -0.39 is 29.4 Å². The number of rotatable bonds is 11. The number of aliphatic carboxylic acids is 1. The number of carboxylic acids is 1. The molecule has 1 heterocycles. The maximum Gasteiger partial charge on any atom is 0.407 e. The largest absolute Gasteiger partial charge is 0.481 e. The molecule has 2 aliphatic rings. The first-order chi connectivity index (χ1) is 20.4. The summed E-state index contributed by atoms with van der Waals surface area (Å²) in [6, 6.07) is 25.0. The van der Waals surface area contributed by atoms with Gasteiger partial charge in [-0.25, -0.2) is 4.79 Å². The molecule has 1 saturated heterocycles. The molecule has 0 saturated carbocycles. The molecule has 1 aliphatic heterocycles. The topological polar surface area (TPSA) is 117 Å². The van der Waals surface area contributed by atoms with E-state index in [0.717, 1.165) is 27.8 Å². The van der Waals surface area contributed by atoms with Gasteiger partial charge in [0.15, 0.2) is 0 Å². The van der Waals surface area contributed by atoms with Gasteiger partial charge < -0.3 is 25.2 Å². The zero-order valence-electron chi connectivity index (χ0n) is 23.8. The van der Waals surface area contributed by atoms with Gasteiger partial charge in [-0.15, -0.1) is 0 Å². The van der Waals surface area contributed by atoms with Crippen molar-refractivity contribution in [2.75, 3.05) is 40.0 Å². The van der Waals surface area contributed by atoms with Crippen LogP contribution in [0.2, 0.25) is 0 Å². The standard InChI is InChI=1S/C33H37N3O6/c1-36(19-23-9-3-2-4-10-23)20-29(30(37)34-22-33(31(38)39)15-17-41-18-16-33)35-32(40)42-21-28-26-13-7-5-11-24(26)25-12-6-8-14-27(25)28/h2-14,28-29H,15-22H2,1H3,(H,34,37)(H,35,40)(H,38,39). The van der Waals surface area contributed by atoms with Crippen LogP contribution in [0.1, 0.15) is 35.4 Å². The fourth-order valence-corrected chi connectivity index (χ4v) is 5.86. The van der Waals surface area contributed by atoms with Crippen molar-refractivity contribution < 1.29 is 29.0 Å². The van der Waals surface area contributed by atoms with E-state index in [0.29, 0.717) is 32.6 Å². The Morgan fingerprint density at radius 2 is 1.55 bits per heavy atom. The van der Waals surface area contributed by atoms with E-state index in [1.807, 2.05) is 78.7 Å². The smallest absolute Gasteiger partial charge is 0.407 e. The SMILES string of the molecule is CN(Cc1ccccc1)CC(NC(=O)OCC1c2ccccc2-c2ccccc21)C(=O)NCC1(C(=O)O)CCOCC1. The Morgan fingerprint density at radius 1 is 0.952 bits per heavy atom. The molecule has 2 amide bonds. The highest BCUT2D eigenvalue weighted by Crippen LogP contribution is 2.44. The van der Waals surface area contributed by atoms with Crippen LogP contribution in [0.5, 0.6) is 0 Å². The van der Waals surface area contributed by atoms with Crippen LogP contribution in [0.4, 0.5) is 4.79 Å². The van der Waals surface area contributed by atoms with E-state index in [1.165, 1.54) is 0 Å². The highest BCUT2D eigenvalue weighted by Gasteiger charge is 2.41. The van der Waals surface area contributed by atoms with Gasteiger partial charge in [-0.05, 0) is 47.7 Å². The third kappa shape index (κ3) is 6.64. The molecule has 5 rings (SSSR count). The van der Waals surface area contributed by atoms with Gasteiger partial charge in [-0.2, -0.15) is 0 Å². The fourth-order valence-electron chi connectivity index (χ4n) is 5.86. The average molecular weight is 572 g/mol. The number of fused-ring (bicyclic) bond motifs is 3. The normalized spacial score (nSPS) is 16.2. The predicted octanol–water partition coefficient (Wildman–Crippen LogP) is 4.02. The number of nitrogens with one attached hydrogen (secondary N) is 2. The lowest BCUT2D eigenvalue weighted by Crippen LogP contribution is -2.55. The molecule has 1 atom stereocenters. The maximum absolute atomic E-state index is 13.4. The summed E-state index contributed by atoms with van der Waals surface area (Å²) in [5, 5.41) is 15.5. The molecule has 9 nitrogen and oxygen atoms in total. The van der Waals surface area contributed by atoms with Crippen molar-refractivity contribution >= 4 is 18.0 Å². The monoisotopic (exact) mass is 571 g/mol. The summed E-state index contributed by atoms with van der Waals surface area (Å²) in [6.07, 6.45) is -0.0914. The molecule has 220 valence electrons. The van der Waals surface area contributed by atoms with Crippen molar-refractivity contribution in [2.24, 2.45) is 5.41 Å². The summed E-state index contributed by atoms with van der Waals surface area (Å²) in [7, 11) is 1.86. The Hall–Kier alpha value is -4.21. The van der Waals surface area contributed by atoms with Crippen molar-refractivity contribution in [3.05, 3.63) is 95.6 Å². The summed E-state index contributed by atoms with van der Waals surface area (Å²) in [6.45, 7) is 1.49. The van der Waals surface area contributed by atoms with Gasteiger partial charge in [-0.3, -0.25) is 14.5 Å². The Morgan fingerprint density at radius 3 is 2.17 bits per heavy atom. The minimum absolute atomic E-state index is 0.0458. The molecule has 9 heteroatoms. The molecule has 1 unspecified atom stereocenters. The van der Waals surface area contributed by atoms with Crippen LogP contribution in [-0.2, 0) is 25.6 Å². The van der Waals surface area contributed by atoms with Crippen LogP contribution < -0.4 is 10.6 Å². The molecule has 0 radical (unpaired) electrons. The molecular formula is C33H37N3O6. The van der Waals surface area contributed by atoms with Crippen LogP contribution in [-0.4, -0.2) is 74.0 Å². The van der Waals surface area contributed by atoms with Crippen molar-refractivity contribution in [1.29, 1.82) is 0 Å². The number of hydrogen-bond donors (Lipinski definition) is 3. The van der Waals surface area contributed by atoms with Crippen LogP contribution in [0, 0.1) is 5.41 Å². The van der Waals surface area contributed by atoms with Crippen LogP contribution in [0.15, 0.2) is 78.9 Å². The number of amides is 2. The molecule has 1 fully saturated rings. The Labute approximate surface area is 245 Å². The number of alkyl carbamates (subject to hydrolysis) is 1. The predicted molar refractivity (Wildman–Crippen MR) is 158 cm³/mol. The van der Waals surface area contributed by atoms with Crippen LogP contribution in [0.25, 0.3) is 11.1 Å². The van der Waals surface area contributed by atoms with E-state index in [4.69, 9.17) is 9.47 Å². The number of hydrogen-bond acceptors (Lipinski definition) is 6. The van der Waals surface area contributed by atoms with Crippen molar-refractivity contribution in [3.63, 3.8) is 0 Å². The average Bonchev–Trinajstić information content (AvgIpc) is 3.33. The minimum Gasteiger partial charge on any atom is -0.481 e. The number of nitrogens with zero attached hydrogens (tertiary/aromatic N) is 1. The zero-order valence-corrected chi connectivity index (χ0v) is 23.8. The lowest BCUT2D eigenvalue weighted by Gasteiger charge is -2.34. The molecule has 3 aromatic carbocycles. The molecule has 3 aromatic rings. The van der Waals surface area contributed by atoms with Gasteiger partial charge in [0.2, 0.25) is 5.91 Å². The third-order valence-electron chi connectivity index (χ3n) is 8.25. The number of carbonyl (C=O) groups excluding carboxylic acids is 2. The second-order valence-corrected chi connectivity index (χ2v) is 11.1. The van der Waals surface area contributed by atoms with Crippen LogP contribution in [0.3, 0.4) is 0 Å². The summed E-state index contributed by atoms with van der Waals surface area (Å²) in [5.74, 6) is -1.54. The maximum atomic E-state index is 13.4. The third-order valence-corrected chi connectivity index (χ3v) is 8.25. The quantitative estimate of drug-likeness (QED) is 0.318. The Balaban J connectivity index is 1.26. The van der Waals surface area contributed by atoms with Gasteiger partial charge in [0.25, 0.3) is 0 Å². The second-order valence-electron chi connectivity index (χ2n) is 11.1. The first kappa shape index (κ1) is 29.3. The second kappa shape index (κ2) is 13.2. The lowest BCUT2D eigenvalue weighted by molar-refractivity contribution is -0.154. The Bertz CT molecular complexity index is 1360.